The van der Waals surface area contributed by atoms with E-state index in [2.05, 4.69) is 30.3 Å². The monoisotopic (exact) mass is 349 g/mol. The zero-order valence-corrected chi connectivity index (χ0v) is 14.3. The number of oxazole rings is 1. The molecule has 0 saturated heterocycles. The second kappa shape index (κ2) is 5.88. The lowest BCUT2D eigenvalue weighted by Crippen LogP contribution is -2.19. The van der Waals surface area contributed by atoms with Gasteiger partial charge in [-0.3, -0.25) is 4.57 Å². The molecule has 0 fully saturated rings. The van der Waals surface area contributed by atoms with E-state index in [0.29, 0.717) is 12.0 Å². The molecular formula is C19H15N3O2S. The molecule has 0 aliphatic carbocycles. The summed E-state index contributed by atoms with van der Waals surface area (Å²) in [5, 5.41) is 10.0. The number of aryl methyl sites for hydroxylation is 1. The van der Waals surface area contributed by atoms with E-state index in [-0.39, 0.29) is 5.76 Å². The van der Waals surface area contributed by atoms with E-state index in [4.69, 9.17) is 15.4 Å². The topological polar surface area (TPSA) is 84.9 Å². The van der Waals surface area contributed by atoms with Gasteiger partial charge in [0.05, 0.1) is 17.6 Å². The Morgan fingerprint density at radius 2 is 2.00 bits per heavy atom. The number of thiophene rings is 1. The maximum absolute atomic E-state index is 11.6. The van der Waals surface area contributed by atoms with Gasteiger partial charge in [0.25, 0.3) is 0 Å². The lowest BCUT2D eigenvalue weighted by atomic mass is 10.0. The molecule has 0 bridgehead atoms. The minimum atomic E-state index is -0.475. The molecule has 2 N–H and O–H groups in total. The molecule has 124 valence electrons. The SMILES string of the molecule is Cn1c(=O)oc2ccc(-c3ccc4cc(CC(N)C#N)sc4c3)cc21. The van der Waals surface area contributed by atoms with Crippen molar-refractivity contribution >= 4 is 32.5 Å². The Bertz CT molecular complexity index is 1190. The molecule has 0 saturated carbocycles. The molecule has 5 nitrogen and oxygen atoms in total. The van der Waals surface area contributed by atoms with E-state index in [0.717, 1.165) is 31.6 Å². The molecule has 4 aromatic rings. The maximum Gasteiger partial charge on any atom is 0.419 e. The van der Waals surface area contributed by atoms with Crippen LogP contribution in [-0.4, -0.2) is 10.6 Å². The van der Waals surface area contributed by atoms with Crippen LogP contribution in [0.4, 0.5) is 0 Å². The third-order valence-corrected chi connectivity index (χ3v) is 5.40. The van der Waals surface area contributed by atoms with Crippen molar-refractivity contribution in [3.63, 3.8) is 0 Å². The fourth-order valence-electron chi connectivity index (χ4n) is 2.93. The highest BCUT2D eigenvalue weighted by molar-refractivity contribution is 7.19. The maximum atomic E-state index is 11.6. The van der Waals surface area contributed by atoms with E-state index in [1.165, 1.54) is 4.57 Å². The Morgan fingerprint density at radius 1 is 1.24 bits per heavy atom. The van der Waals surface area contributed by atoms with Crippen LogP contribution in [0, 0.1) is 11.3 Å². The average molecular weight is 349 g/mol. The van der Waals surface area contributed by atoms with Gasteiger partial charge in [-0.1, -0.05) is 18.2 Å². The molecule has 25 heavy (non-hydrogen) atoms. The second-order valence-electron chi connectivity index (χ2n) is 6.01. The molecule has 1 unspecified atom stereocenters. The van der Waals surface area contributed by atoms with Crippen LogP contribution in [-0.2, 0) is 13.5 Å². The molecule has 0 amide bonds. The van der Waals surface area contributed by atoms with Gasteiger partial charge >= 0.3 is 5.76 Å². The smallest absolute Gasteiger partial charge is 0.408 e. The molecule has 0 aliphatic heterocycles. The van der Waals surface area contributed by atoms with Crippen LogP contribution in [0.1, 0.15) is 4.88 Å². The van der Waals surface area contributed by atoms with Crippen LogP contribution < -0.4 is 11.5 Å². The zero-order chi connectivity index (χ0) is 17.6. The van der Waals surface area contributed by atoms with Crippen molar-refractivity contribution in [1.29, 1.82) is 5.26 Å². The molecule has 0 spiro atoms. The number of benzene rings is 2. The Labute approximate surface area is 147 Å². The Kier molecular flexibility index (Phi) is 3.68. The first-order chi connectivity index (χ1) is 12.0. The fraction of sp³-hybridized carbons (Fsp3) is 0.158. The molecule has 1 atom stereocenters. The number of fused-ring (bicyclic) bond motifs is 2. The van der Waals surface area contributed by atoms with Crippen molar-refractivity contribution in [3.8, 4) is 17.2 Å². The van der Waals surface area contributed by atoms with Crippen LogP contribution in [0.15, 0.2) is 51.7 Å². The summed E-state index contributed by atoms with van der Waals surface area (Å²) >= 11 is 1.66. The Hall–Kier alpha value is -2.88. The highest BCUT2D eigenvalue weighted by Gasteiger charge is 2.10. The van der Waals surface area contributed by atoms with Gasteiger partial charge in [-0.25, -0.2) is 4.79 Å². The lowest BCUT2D eigenvalue weighted by Gasteiger charge is -2.02. The molecule has 6 heteroatoms. The first kappa shape index (κ1) is 15.6. The summed E-state index contributed by atoms with van der Waals surface area (Å²) in [6.45, 7) is 0. The fourth-order valence-corrected chi connectivity index (χ4v) is 4.10. The molecule has 2 heterocycles. The molecule has 2 aromatic carbocycles. The lowest BCUT2D eigenvalue weighted by molar-refractivity contribution is 0.528. The Balaban J connectivity index is 1.77. The van der Waals surface area contributed by atoms with Crippen LogP contribution in [0.25, 0.3) is 32.3 Å². The minimum absolute atomic E-state index is 0.362. The molecule has 2 aromatic heterocycles. The normalized spacial score (nSPS) is 12.5. The summed E-state index contributed by atoms with van der Waals surface area (Å²) in [5.41, 5.74) is 9.18. The summed E-state index contributed by atoms with van der Waals surface area (Å²) in [4.78, 5) is 12.7. The predicted molar refractivity (Wildman–Crippen MR) is 99.6 cm³/mol. The quantitative estimate of drug-likeness (QED) is 0.614. The van der Waals surface area contributed by atoms with Gasteiger partial charge in [-0.05, 0) is 40.8 Å². The summed E-state index contributed by atoms with van der Waals surface area (Å²) in [6.07, 6.45) is 0.564. The largest absolute Gasteiger partial charge is 0.419 e. The van der Waals surface area contributed by atoms with E-state index in [1.807, 2.05) is 18.2 Å². The van der Waals surface area contributed by atoms with Crippen LogP contribution in [0.5, 0.6) is 0 Å². The first-order valence-electron chi connectivity index (χ1n) is 7.83. The molecule has 0 radical (unpaired) electrons. The number of hydrogen-bond acceptors (Lipinski definition) is 5. The second-order valence-corrected chi connectivity index (χ2v) is 7.18. The minimum Gasteiger partial charge on any atom is -0.408 e. The predicted octanol–water partition coefficient (Wildman–Crippen LogP) is 3.41. The molecule has 4 rings (SSSR count). The number of nitrogens with two attached hydrogens (primary N) is 1. The van der Waals surface area contributed by atoms with E-state index in [1.54, 1.807) is 18.4 Å². The number of aromatic nitrogens is 1. The van der Waals surface area contributed by atoms with Crippen molar-refractivity contribution < 1.29 is 4.42 Å². The van der Waals surface area contributed by atoms with Crippen molar-refractivity contribution in [2.24, 2.45) is 12.8 Å². The number of nitriles is 1. The van der Waals surface area contributed by atoms with Gasteiger partial charge in [0.1, 0.15) is 0 Å². The Morgan fingerprint density at radius 3 is 2.80 bits per heavy atom. The highest BCUT2D eigenvalue weighted by atomic mass is 32.1. The third-order valence-electron chi connectivity index (χ3n) is 4.28. The van der Waals surface area contributed by atoms with Gasteiger partial charge in [0.15, 0.2) is 5.58 Å². The number of hydrogen-bond donors (Lipinski definition) is 1. The van der Waals surface area contributed by atoms with E-state index >= 15 is 0 Å². The van der Waals surface area contributed by atoms with Crippen molar-refractivity contribution in [3.05, 3.63) is 57.9 Å². The van der Waals surface area contributed by atoms with Gasteiger partial charge in [-0.2, -0.15) is 5.26 Å². The summed E-state index contributed by atoms with van der Waals surface area (Å²) in [7, 11) is 1.70. The zero-order valence-electron chi connectivity index (χ0n) is 13.5. The van der Waals surface area contributed by atoms with Crippen molar-refractivity contribution in [2.45, 2.75) is 12.5 Å². The van der Waals surface area contributed by atoms with Gasteiger partial charge in [0.2, 0.25) is 0 Å². The van der Waals surface area contributed by atoms with Gasteiger partial charge in [0, 0.05) is 23.0 Å². The van der Waals surface area contributed by atoms with E-state index < -0.39 is 6.04 Å². The number of rotatable bonds is 3. The van der Waals surface area contributed by atoms with Crippen molar-refractivity contribution in [2.75, 3.05) is 0 Å². The summed E-state index contributed by atoms with van der Waals surface area (Å²) < 4.78 is 7.84. The summed E-state index contributed by atoms with van der Waals surface area (Å²) in [6, 6.07) is 15.7. The van der Waals surface area contributed by atoms with Crippen LogP contribution in [0.3, 0.4) is 0 Å². The first-order valence-corrected chi connectivity index (χ1v) is 8.64. The third kappa shape index (κ3) is 2.74. The van der Waals surface area contributed by atoms with Gasteiger partial charge < -0.3 is 10.2 Å². The highest BCUT2D eigenvalue weighted by Crippen LogP contribution is 2.32. The summed E-state index contributed by atoms with van der Waals surface area (Å²) in [5.74, 6) is -0.362. The van der Waals surface area contributed by atoms with Crippen LogP contribution >= 0.6 is 11.3 Å². The molecule has 0 aliphatic rings. The van der Waals surface area contributed by atoms with E-state index in [9.17, 15) is 4.79 Å². The van der Waals surface area contributed by atoms with Crippen LogP contribution in [0.2, 0.25) is 0 Å². The average Bonchev–Trinajstić information content (AvgIpc) is 3.14. The number of nitrogens with zero attached hydrogens (tertiary/aromatic N) is 2. The van der Waals surface area contributed by atoms with Gasteiger partial charge in [-0.15, -0.1) is 11.3 Å². The van der Waals surface area contributed by atoms with Crippen molar-refractivity contribution in [1.82, 2.24) is 4.57 Å². The molecular weight excluding hydrogens is 334 g/mol. The standard InChI is InChI=1S/C19H15N3O2S/c1-22-16-7-11(4-5-17(16)24-19(22)23)12-2-3-13-6-15(9-14(21)10-20)25-18(13)8-12/h2-8,14H,9,21H2,1H3.